The highest BCUT2D eigenvalue weighted by Crippen LogP contribution is 2.41. The molecule has 6 heteroatoms. The summed E-state index contributed by atoms with van der Waals surface area (Å²) in [6, 6.07) is 7.94. The summed E-state index contributed by atoms with van der Waals surface area (Å²) < 4.78 is 10.7. The Balaban J connectivity index is 1.82. The van der Waals surface area contributed by atoms with Gasteiger partial charge in [-0.05, 0) is 11.6 Å². The van der Waals surface area contributed by atoms with Gasteiger partial charge in [-0.1, -0.05) is 18.2 Å². The average molecular weight is 321 g/mol. The molecule has 0 aliphatic carbocycles. The second-order valence-electron chi connectivity index (χ2n) is 6.21. The normalized spacial score (nSPS) is 30.1. The van der Waals surface area contributed by atoms with Crippen molar-refractivity contribution >= 4 is 11.7 Å². The first-order valence-corrected chi connectivity index (χ1v) is 7.99. The minimum Gasteiger partial charge on any atom is -0.469 e. The monoisotopic (exact) mass is 321 g/mol. The second kappa shape index (κ2) is 6.86. The molecule has 0 spiro atoms. The summed E-state index contributed by atoms with van der Waals surface area (Å²) in [6.07, 6.45) is 0.139. The number of esters is 1. The van der Waals surface area contributed by atoms with Gasteiger partial charge in [0.1, 0.15) is 6.23 Å². The molecule has 0 saturated carbocycles. The molecule has 126 valence electrons. The number of carbonyl (C=O) groups is 1. The lowest BCUT2D eigenvalue weighted by Crippen LogP contribution is -2.47. The van der Waals surface area contributed by atoms with E-state index in [1.54, 1.807) is 0 Å². The fraction of sp³-hybridized carbons (Fsp3) is 0.588. The number of methoxy groups -OCH3 is 1. The van der Waals surface area contributed by atoms with Gasteiger partial charge >= 0.3 is 5.97 Å². The van der Waals surface area contributed by atoms with Crippen molar-refractivity contribution in [3.8, 4) is 0 Å². The molecule has 0 aromatic heterocycles. The highest BCUT2D eigenvalue weighted by Gasteiger charge is 2.38. The molecular weight excluding hydrogens is 298 g/mol. The van der Waals surface area contributed by atoms with Crippen LogP contribution < -0.4 is 4.90 Å². The van der Waals surface area contributed by atoms with Crippen molar-refractivity contribution in [2.24, 2.45) is 0 Å². The highest BCUT2D eigenvalue weighted by atomic mass is 16.5. The van der Waals surface area contributed by atoms with E-state index in [4.69, 9.17) is 9.47 Å². The number of aliphatic hydroxyl groups excluding tert-OH is 2. The van der Waals surface area contributed by atoms with E-state index in [-0.39, 0.29) is 30.8 Å². The Bertz CT molecular complexity index is 564. The molecule has 1 saturated heterocycles. The predicted octanol–water partition coefficient (Wildman–Crippen LogP) is 1.01. The molecular formula is C17H23NO5. The molecule has 0 radical (unpaired) electrons. The van der Waals surface area contributed by atoms with Crippen LogP contribution in [0.2, 0.25) is 0 Å². The first kappa shape index (κ1) is 16.2. The average Bonchev–Trinajstić information content (AvgIpc) is 2.93. The number of para-hydroxylation sites is 1. The zero-order valence-electron chi connectivity index (χ0n) is 13.2. The lowest BCUT2D eigenvalue weighted by molar-refractivity contribution is -0.141. The van der Waals surface area contributed by atoms with Gasteiger partial charge < -0.3 is 24.6 Å². The number of anilines is 1. The quantitative estimate of drug-likeness (QED) is 0.806. The molecule has 4 unspecified atom stereocenters. The molecule has 1 aromatic rings. The molecule has 2 aliphatic heterocycles. The second-order valence-corrected chi connectivity index (χ2v) is 6.21. The Hall–Kier alpha value is -1.63. The molecule has 0 bridgehead atoms. The van der Waals surface area contributed by atoms with E-state index in [9.17, 15) is 15.0 Å². The molecule has 3 rings (SSSR count). The number of hydrogen-bond donors (Lipinski definition) is 2. The van der Waals surface area contributed by atoms with E-state index < -0.39 is 6.10 Å². The van der Waals surface area contributed by atoms with Crippen molar-refractivity contribution in [1.29, 1.82) is 0 Å². The molecule has 23 heavy (non-hydrogen) atoms. The van der Waals surface area contributed by atoms with Crippen LogP contribution in [0.5, 0.6) is 0 Å². The van der Waals surface area contributed by atoms with Crippen LogP contribution in [0.25, 0.3) is 0 Å². The van der Waals surface area contributed by atoms with Crippen molar-refractivity contribution in [3.05, 3.63) is 29.8 Å². The van der Waals surface area contributed by atoms with Gasteiger partial charge in [-0.15, -0.1) is 0 Å². The molecule has 2 heterocycles. The topological polar surface area (TPSA) is 79.2 Å². The summed E-state index contributed by atoms with van der Waals surface area (Å²) >= 11 is 0. The van der Waals surface area contributed by atoms with Gasteiger partial charge in [-0.2, -0.15) is 0 Å². The first-order valence-electron chi connectivity index (χ1n) is 7.99. The van der Waals surface area contributed by atoms with Gasteiger partial charge in [0, 0.05) is 31.0 Å². The third-order valence-corrected chi connectivity index (χ3v) is 4.65. The smallest absolute Gasteiger partial charge is 0.306 e. The highest BCUT2D eigenvalue weighted by molar-refractivity contribution is 5.73. The van der Waals surface area contributed by atoms with Crippen LogP contribution in [0.1, 0.15) is 30.7 Å². The Kier molecular flexibility index (Phi) is 4.84. The fourth-order valence-corrected chi connectivity index (χ4v) is 3.54. The van der Waals surface area contributed by atoms with Crippen LogP contribution in [0, 0.1) is 0 Å². The number of carbonyl (C=O) groups excluding carboxylic acids is 1. The van der Waals surface area contributed by atoms with Gasteiger partial charge in [0.25, 0.3) is 0 Å². The van der Waals surface area contributed by atoms with Crippen molar-refractivity contribution in [2.75, 3.05) is 25.2 Å². The maximum Gasteiger partial charge on any atom is 0.306 e. The summed E-state index contributed by atoms with van der Waals surface area (Å²) in [4.78, 5) is 13.8. The van der Waals surface area contributed by atoms with E-state index in [1.165, 1.54) is 7.11 Å². The summed E-state index contributed by atoms with van der Waals surface area (Å²) in [6.45, 7) is 0.540. The first-order chi connectivity index (χ1) is 11.1. The largest absolute Gasteiger partial charge is 0.469 e. The Labute approximate surface area is 135 Å². The zero-order chi connectivity index (χ0) is 16.4. The molecule has 1 fully saturated rings. The van der Waals surface area contributed by atoms with E-state index in [2.05, 4.69) is 4.90 Å². The van der Waals surface area contributed by atoms with Crippen LogP contribution in [0.3, 0.4) is 0 Å². The van der Waals surface area contributed by atoms with Crippen molar-refractivity contribution < 1.29 is 24.5 Å². The van der Waals surface area contributed by atoms with Crippen molar-refractivity contribution in [2.45, 2.75) is 43.6 Å². The van der Waals surface area contributed by atoms with Crippen molar-refractivity contribution in [3.63, 3.8) is 0 Å². The Morgan fingerprint density at radius 3 is 2.91 bits per heavy atom. The van der Waals surface area contributed by atoms with Crippen LogP contribution in [-0.4, -0.2) is 54.9 Å². The molecule has 4 atom stereocenters. The van der Waals surface area contributed by atoms with Crippen LogP contribution >= 0.6 is 0 Å². The van der Waals surface area contributed by atoms with E-state index in [0.717, 1.165) is 11.3 Å². The number of rotatable bonds is 4. The molecule has 0 amide bonds. The minimum atomic E-state index is -0.488. The lowest BCUT2D eigenvalue weighted by atomic mass is 9.98. The van der Waals surface area contributed by atoms with Gasteiger partial charge in [-0.25, -0.2) is 0 Å². The Morgan fingerprint density at radius 2 is 2.17 bits per heavy atom. The number of ether oxygens (including phenoxy) is 2. The molecule has 2 N–H and O–H groups in total. The number of benzene rings is 1. The van der Waals surface area contributed by atoms with E-state index in [1.807, 2.05) is 24.3 Å². The summed E-state index contributed by atoms with van der Waals surface area (Å²) in [5, 5.41) is 19.4. The van der Waals surface area contributed by atoms with E-state index >= 15 is 0 Å². The molecule has 1 aromatic carbocycles. The van der Waals surface area contributed by atoms with Crippen molar-refractivity contribution in [1.82, 2.24) is 0 Å². The number of aliphatic hydroxyl groups is 2. The third kappa shape index (κ3) is 3.34. The zero-order valence-corrected chi connectivity index (χ0v) is 13.2. The molecule has 6 nitrogen and oxygen atoms in total. The summed E-state index contributed by atoms with van der Waals surface area (Å²) in [7, 11) is 1.40. The summed E-state index contributed by atoms with van der Waals surface area (Å²) in [5.74, 6) is -0.182. The minimum absolute atomic E-state index is 0.0499. The van der Waals surface area contributed by atoms with Gasteiger partial charge in [-0.3, -0.25) is 4.79 Å². The summed E-state index contributed by atoms with van der Waals surface area (Å²) in [5.41, 5.74) is 2.12. The van der Waals surface area contributed by atoms with E-state index in [0.29, 0.717) is 25.8 Å². The number of fused-ring (bicyclic) bond motifs is 1. The van der Waals surface area contributed by atoms with Gasteiger partial charge in [0.05, 0.1) is 32.3 Å². The maximum atomic E-state index is 11.7. The SMILES string of the molecule is COC(=O)CC1CN(C2CC(O)CC(CO)O2)c2ccccc21. The standard InChI is InChI=1S/C17H23NO5/c1-22-17(21)6-11-9-18(15-5-3-2-4-14(11)15)16-8-12(20)7-13(10-19)23-16/h2-5,11-13,16,19-20H,6-10H2,1H3. The fourth-order valence-electron chi connectivity index (χ4n) is 3.54. The van der Waals surface area contributed by atoms with Gasteiger partial charge in [0.15, 0.2) is 0 Å². The third-order valence-electron chi connectivity index (χ3n) is 4.65. The lowest BCUT2D eigenvalue weighted by Gasteiger charge is -2.38. The number of nitrogens with zero attached hydrogens (tertiary/aromatic N) is 1. The Morgan fingerprint density at radius 1 is 1.39 bits per heavy atom. The van der Waals surface area contributed by atoms with Crippen LogP contribution in [-0.2, 0) is 14.3 Å². The van der Waals surface area contributed by atoms with Gasteiger partial charge in [0.2, 0.25) is 0 Å². The predicted molar refractivity (Wildman–Crippen MR) is 84.1 cm³/mol. The maximum absolute atomic E-state index is 11.7. The molecule has 2 aliphatic rings. The van der Waals surface area contributed by atoms with Crippen LogP contribution in [0.15, 0.2) is 24.3 Å². The van der Waals surface area contributed by atoms with Crippen LogP contribution in [0.4, 0.5) is 5.69 Å². The number of hydrogen-bond acceptors (Lipinski definition) is 6.